The SMILES string of the molecule is C=CC(=O)Nc1ccc(Nc2ccc(C(F)(F)F)cc2)c(-c2nccc(OC3COC3)n2)c1. The van der Waals surface area contributed by atoms with Crippen molar-refractivity contribution in [3.63, 3.8) is 0 Å². The van der Waals surface area contributed by atoms with Gasteiger partial charge in [0.25, 0.3) is 0 Å². The second-order valence-corrected chi connectivity index (χ2v) is 7.15. The van der Waals surface area contributed by atoms with Gasteiger partial charge in [-0.25, -0.2) is 4.98 Å². The molecular weight excluding hydrogens is 437 g/mol. The predicted octanol–water partition coefficient (Wildman–Crippen LogP) is 4.81. The summed E-state index contributed by atoms with van der Waals surface area (Å²) in [7, 11) is 0. The summed E-state index contributed by atoms with van der Waals surface area (Å²) in [5.41, 5.74) is 1.19. The summed E-state index contributed by atoms with van der Waals surface area (Å²) in [6.07, 6.45) is -1.84. The van der Waals surface area contributed by atoms with Crippen LogP contribution in [-0.2, 0) is 15.7 Å². The lowest BCUT2D eigenvalue weighted by Crippen LogP contribution is -2.38. The van der Waals surface area contributed by atoms with Gasteiger partial charge in [-0.2, -0.15) is 18.2 Å². The lowest BCUT2D eigenvalue weighted by atomic mass is 10.1. The van der Waals surface area contributed by atoms with Gasteiger partial charge in [-0.3, -0.25) is 4.79 Å². The highest BCUT2D eigenvalue weighted by Gasteiger charge is 2.30. The standard InChI is InChI=1S/C23H19F3N4O3/c1-2-20(31)29-16-7-8-19(28-15-5-3-14(4-6-15)23(24,25)26)18(11-16)22-27-10-9-21(30-22)33-17-12-32-13-17/h2-11,17,28H,1,12-13H2,(H,29,31). The zero-order valence-electron chi connectivity index (χ0n) is 17.2. The van der Waals surface area contributed by atoms with Gasteiger partial charge < -0.3 is 20.1 Å². The number of rotatable bonds is 7. The van der Waals surface area contributed by atoms with Crippen LogP contribution in [-0.4, -0.2) is 35.2 Å². The van der Waals surface area contributed by atoms with E-state index >= 15 is 0 Å². The van der Waals surface area contributed by atoms with E-state index in [1.807, 2.05) is 0 Å². The first kappa shape index (κ1) is 22.3. The number of benzene rings is 2. The molecule has 0 bridgehead atoms. The van der Waals surface area contributed by atoms with Crippen molar-refractivity contribution in [1.82, 2.24) is 9.97 Å². The van der Waals surface area contributed by atoms with Crippen LogP contribution in [0.4, 0.5) is 30.2 Å². The normalized spacial score (nSPS) is 13.7. The van der Waals surface area contributed by atoms with Crippen LogP contribution in [0.3, 0.4) is 0 Å². The molecule has 2 heterocycles. The largest absolute Gasteiger partial charge is 0.469 e. The van der Waals surface area contributed by atoms with Gasteiger partial charge in [0.2, 0.25) is 11.8 Å². The van der Waals surface area contributed by atoms with Crippen molar-refractivity contribution in [2.75, 3.05) is 23.8 Å². The van der Waals surface area contributed by atoms with Crippen LogP contribution in [0.5, 0.6) is 5.88 Å². The molecule has 1 saturated heterocycles. The van der Waals surface area contributed by atoms with Gasteiger partial charge in [0.05, 0.1) is 18.8 Å². The molecule has 10 heteroatoms. The molecule has 1 aliphatic rings. The lowest BCUT2D eigenvalue weighted by Gasteiger charge is -2.26. The van der Waals surface area contributed by atoms with Crippen LogP contribution in [0.2, 0.25) is 0 Å². The van der Waals surface area contributed by atoms with Crippen molar-refractivity contribution in [3.05, 3.63) is 72.9 Å². The Labute approximate surface area is 187 Å². The fourth-order valence-corrected chi connectivity index (χ4v) is 3.00. The molecule has 170 valence electrons. The number of amides is 1. The number of halogens is 3. The van der Waals surface area contributed by atoms with E-state index in [0.29, 0.717) is 47.5 Å². The van der Waals surface area contributed by atoms with Crippen LogP contribution < -0.4 is 15.4 Å². The molecule has 0 radical (unpaired) electrons. The van der Waals surface area contributed by atoms with E-state index in [2.05, 4.69) is 27.2 Å². The first-order chi connectivity index (χ1) is 15.8. The van der Waals surface area contributed by atoms with Gasteiger partial charge in [0.15, 0.2) is 5.82 Å². The Morgan fingerprint density at radius 2 is 1.85 bits per heavy atom. The molecule has 0 saturated carbocycles. The number of nitrogens with one attached hydrogen (secondary N) is 2. The molecule has 3 aromatic rings. The van der Waals surface area contributed by atoms with Gasteiger partial charge in [-0.05, 0) is 48.5 Å². The molecule has 0 atom stereocenters. The van der Waals surface area contributed by atoms with Crippen molar-refractivity contribution < 1.29 is 27.4 Å². The summed E-state index contributed by atoms with van der Waals surface area (Å²) in [6.45, 7) is 4.38. The second kappa shape index (κ2) is 9.29. The topological polar surface area (TPSA) is 85.4 Å². The molecule has 7 nitrogen and oxygen atoms in total. The molecule has 1 aromatic heterocycles. The highest BCUT2D eigenvalue weighted by Crippen LogP contribution is 2.34. The maximum absolute atomic E-state index is 12.9. The number of anilines is 3. The number of alkyl halides is 3. The van der Waals surface area contributed by atoms with Gasteiger partial charge in [-0.1, -0.05) is 6.58 Å². The monoisotopic (exact) mass is 456 g/mol. The molecule has 2 N–H and O–H groups in total. The lowest BCUT2D eigenvalue weighted by molar-refractivity contribution is -0.137. The van der Waals surface area contributed by atoms with Gasteiger partial charge in [0.1, 0.15) is 6.10 Å². The van der Waals surface area contributed by atoms with Crippen LogP contribution in [0, 0.1) is 0 Å². The minimum Gasteiger partial charge on any atom is -0.469 e. The number of ether oxygens (including phenoxy) is 2. The van der Waals surface area contributed by atoms with E-state index in [0.717, 1.165) is 18.2 Å². The minimum absolute atomic E-state index is 0.0873. The van der Waals surface area contributed by atoms with E-state index < -0.39 is 17.6 Å². The Hall–Kier alpha value is -3.92. The summed E-state index contributed by atoms with van der Waals surface area (Å²) in [5, 5.41) is 5.75. The molecular formula is C23H19F3N4O3. The van der Waals surface area contributed by atoms with E-state index in [4.69, 9.17) is 9.47 Å². The van der Waals surface area contributed by atoms with E-state index in [1.165, 1.54) is 18.3 Å². The number of nitrogens with zero attached hydrogens (tertiary/aromatic N) is 2. The Morgan fingerprint density at radius 3 is 2.48 bits per heavy atom. The molecule has 0 spiro atoms. The van der Waals surface area contributed by atoms with E-state index in [-0.39, 0.29) is 6.10 Å². The van der Waals surface area contributed by atoms with Crippen LogP contribution in [0.25, 0.3) is 11.4 Å². The molecule has 1 aliphatic heterocycles. The zero-order chi connectivity index (χ0) is 23.4. The Balaban J connectivity index is 1.67. The van der Waals surface area contributed by atoms with E-state index in [9.17, 15) is 18.0 Å². The number of aromatic nitrogens is 2. The smallest absolute Gasteiger partial charge is 0.416 e. The maximum atomic E-state index is 12.9. The molecule has 0 unspecified atom stereocenters. The van der Waals surface area contributed by atoms with Crippen molar-refractivity contribution in [1.29, 1.82) is 0 Å². The number of hydrogen-bond donors (Lipinski definition) is 2. The van der Waals surface area contributed by atoms with Gasteiger partial charge in [-0.15, -0.1) is 0 Å². The van der Waals surface area contributed by atoms with Crippen molar-refractivity contribution >= 4 is 23.0 Å². The third-order valence-electron chi connectivity index (χ3n) is 4.73. The van der Waals surface area contributed by atoms with Crippen molar-refractivity contribution in [2.45, 2.75) is 12.3 Å². The Kier molecular flexibility index (Phi) is 6.27. The van der Waals surface area contributed by atoms with Crippen LogP contribution in [0.1, 0.15) is 5.56 Å². The molecule has 2 aromatic carbocycles. The second-order valence-electron chi connectivity index (χ2n) is 7.15. The predicted molar refractivity (Wildman–Crippen MR) is 116 cm³/mol. The van der Waals surface area contributed by atoms with Gasteiger partial charge >= 0.3 is 6.18 Å². The van der Waals surface area contributed by atoms with E-state index in [1.54, 1.807) is 24.3 Å². The van der Waals surface area contributed by atoms with Crippen molar-refractivity contribution in [3.8, 4) is 17.3 Å². The summed E-state index contributed by atoms with van der Waals surface area (Å²) >= 11 is 0. The van der Waals surface area contributed by atoms with Gasteiger partial charge in [0, 0.05) is 34.9 Å². The molecule has 0 aliphatic carbocycles. The zero-order valence-corrected chi connectivity index (χ0v) is 17.2. The summed E-state index contributed by atoms with van der Waals surface area (Å²) in [6, 6.07) is 11.2. The molecule has 33 heavy (non-hydrogen) atoms. The number of carbonyl (C=O) groups excluding carboxylic acids is 1. The average Bonchev–Trinajstić information content (AvgIpc) is 2.77. The molecule has 4 rings (SSSR count). The highest BCUT2D eigenvalue weighted by atomic mass is 19.4. The van der Waals surface area contributed by atoms with Crippen LogP contribution in [0.15, 0.2) is 67.4 Å². The molecule has 1 fully saturated rings. The Morgan fingerprint density at radius 1 is 1.12 bits per heavy atom. The quantitative estimate of drug-likeness (QED) is 0.497. The fraction of sp³-hybridized carbons (Fsp3) is 0.174. The highest BCUT2D eigenvalue weighted by molar-refractivity contribution is 5.99. The first-order valence-electron chi connectivity index (χ1n) is 9.91. The Bertz CT molecular complexity index is 1160. The molecule has 1 amide bonds. The number of carbonyl (C=O) groups is 1. The summed E-state index contributed by atoms with van der Waals surface area (Å²) in [4.78, 5) is 20.5. The summed E-state index contributed by atoms with van der Waals surface area (Å²) in [5.74, 6) is 0.263. The third kappa shape index (κ3) is 5.47. The average molecular weight is 456 g/mol. The fourth-order valence-electron chi connectivity index (χ4n) is 3.00. The summed E-state index contributed by atoms with van der Waals surface area (Å²) < 4.78 is 49.5. The maximum Gasteiger partial charge on any atom is 0.416 e. The van der Waals surface area contributed by atoms with Crippen LogP contribution >= 0.6 is 0 Å². The number of hydrogen-bond acceptors (Lipinski definition) is 6. The van der Waals surface area contributed by atoms with Crippen molar-refractivity contribution in [2.24, 2.45) is 0 Å². The third-order valence-corrected chi connectivity index (χ3v) is 4.73. The first-order valence-corrected chi connectivity index (χ1v) is 9.91. The minimum atomic E-state index is -4.42.